The molecule has 3 heterocycles. The Bertz CT molecular complexity index is 547. The van der Waals surface area contributed by atoms with E-state index >= 15 is 0 Å². The number of hydrogen-bond donors (Lipinski definition) is 2. The summed E-state index contributed by atoms with van der Waals surface area (Å²) in [4.78, 5) is 19.2. The zero-order chi connectivity index (χ0) is 17.0. The van der Waals surface area contributed by atoms with Crippen molar-refractivity contribution in [1.82, 2.24) is 10.3 Å². The number of ether oxygens (including phenoxy) is 1. The fourth-order valence-electron chi connectivity index (χ4n) is 3.27. The first-order valence-corrected chi connectivity index (χ1v) is 8.92. The third-order valence-electron chi connectivity index (χ3n) is 5.21. The summed E-state index contributed by atoms with van der Waals surface area (Å²) >= 11 is 0. The number of rotatable bonds is 4. The summed E-state index contributed by atoms with van der Waals surface area (Å²) in [5, 5.41) is 2.94. The lowest BCUT2D eigenvalue weighted by Gasteiger charge is -2.32. The number of aromatic nitrogens is 1. The van der Waals surface area contributed by atoms with Crippen LogP contribution in [0.4, 0.5) is 5.82 Å². The Hall–Kier alpha value is -1.66. The number of nitrogens with zero attached hydrogens (tertiary/aromatic N) is 2. The van der Waals surface area contributed by atoms with Crippen molar-refractivity contribution in [1.29, 1.82) is 0 Å². The fourth-order valence-corrected chi connectivity index (χ4v) is 3.27. The molecule has 6 nitrogen and oxygen atoms in total. The van der Waals surface area contributed by atoms with Gasteiger partial charge in [-0.15, -0.1) is 0 Å². The number of pyridine rings is 1. The quantitative estimate of drug-likeness (QED) is 0.872. The number of carbonyl (C=O) groups is 1. The molecule has 2 saturated heterocycles. The molecule has 0 atom stereocenters. The highest BCUT2D eigenvalue weighted by molar-refractivity contribution is 5.86. The van der Waals surface area contributed by atoms with Crippen molar-refractivity contribution in [2.45, 2.75) is 44.7 Å². The lowest BCUT2D eigenvalue weighted by molar-refractivity contribution is -0.129. The molecule has 3 rings (SSSR count). The van der Waals surface area contributed by atoms with E-state index in [2.05, 4.69) is 22.1 Å². The molecule has 132 valence electrons. The number of amides is 1. The Labute approximate surface area is 143 Å². The van der Waals surface area contributed by atoms with Gasteiger partial charge in [0, 0.05) is 39.0 Å². The first-order chi connectivity index (χ1) is 11.6. The van der Waals surface area contributed by atoms with Crippen molar-refractivity contribution in [3.8, 4) is 0 Å². The Morgan fingerprint density at radius 1 is 1.38 bits per heavy atom. The van der Waals surface area contributed by atoms with E-state index in [0.717, 1.165) is 30.4 Å². The van der Waals surface area contributed by atoms with E-state index < -0.39 is 5.54 Å². The minimum atomic E-state index is -0.796. The molecule has 0 bridgehead atoms. The van der Waals surface area contributed by atoms with Gasteiger partial charge in [-0.05, 0) is 43.2 Å². The van der Waals surface area contributed by atoms with Crippen molar-refractivity contribution in [3.63, 3.8) is 0 Å². The Morgan fingerprint density at radius 3 is 2.71 bits per heavy atom. The van der Waals surface area contributed by atoms with E-state index in [4.69, 9.17) is 10.5 Å². The normalized spacial score (nSPS) is 21.5. The van der Waals surface area contributed by atoms with Crippen LogP contribution in [0.15, 0.2) is 18.3 Å². The van der Waals surface area contributed by atoms with Gasteiger partial charge in [-0.25, -0.2) is 4.98 Å². The highest BCUT2D eigenvalue weighted by atomic mass is 16.5. The molecular formula is C18H28N4O2. The van der Waals surface area contributed by atoms with Crippen molar-refractivity contribution in [2.24, 2.45) is 11.7 Å². The number of anilines is 1. The van der Waals surface area contributed by atoms with Gasteiger partial charge in [0.25, 0.3) is 0 Å². The molecule has 0 aromatic carbocycles. The monoisotopic (exact) mass is 332 g/mol. The molecule has 0 saturated carbocycles. The van der Waals surface area contributed by atoms with Crippen molar-refractivity contribution >= 4 is 11.7 Å². The molecule has 2 fully saturated rings. The third kappa shape index (κ3) is 4.05. The summed E-state index contributed by atoms with van der Waals surface area (Å²) in [5.41, 5.74) is 6.38. The van der Waals surface area contributed by atoms with Crippen LogP contribution in [0.3, 0.4) is 0 Å². The lowest BCUT2D eigenvalue weighted by Crippen LogP contribution is -2.56. The van der Waals surface area contributed by atoms with Gasteiger partial charge >= 0.3 is 0 Å². The van der Waals surface area contributed by atoms with Crippen molar-refractivity contribution in [2.75, 3.05) is 31.2 Å². The summed E-state index contributed by atoms with van der Waals surface area (Å²) in [6.45, 7) is 6.01. The Morgan fingerprint density at radius 2 is 2.08 bits per heavy atom. The first kappa shape index (κ1) is 17.2. The number of nitrogens with two attached hydrogens (primary N) is 1. The van der Waals surface area contributed by atoms with E-state index in [1.54, 1.807) is 0 Å². The summed E-state index contributed by atoms with van der Waals surface area (Å²) in [5.74, 6) is 1.74. The number of carbonyl (C=O) groups excluding carboxylic acids is 1. The maximum Gasteiger partial charge on any atom is 0.240 e. The molecule has 1 amide bonds. The maximum absolute atomic E-state index is 12.3. The van der Waals surface area contributed by atoms with Gasteiger partial charge in [-0.1, -0.05) is 13.0 Å². The second-order valence-electron chi connectivity index (χ2n) is 7.15. The largest absolute Gasteiger partial charge is 0.381 e. The second-order valence-corrected chi connectivity index (χ2v) is 7.15. The van der Waals surface area contributed by atoms with E-state index in [1.807, 2.05) is 18.3 Å². The third-order valence-corrected chi connectivity index (χ3v) is 5.21. The fraction of sp³-hybridized carbons (Fsp3) is 0.667. The van der Waals surface area contributed by atoms with Crippen LogP contribution in [0.25, 0.3) is 0 Å². The van der Waals surface area contributed by atoms with Crippen LogP contribution in [-0.4, -0.2) is 42.7 Å². The van der Waals surface area contributed by atoms with Crippen LogP contribution in [0.1, 0.15) is 38.2 Å². The average molecular weight is 332 g/mol. The molecule has 0 unspecified atom stereocenters. The van der Waals surface area contributed by atoms with E-state index in [-0.39, 0.29) is 5.91 Å². The van der Waals surface area contributed by atoms with Crippen LogP contribution < -0.4 is 16.0 Å². The summed E-state index contributed by atoms with van der Waals surface area (Å²) in [6.07, 6.45) is 5.44. The highest BCUT2D eigenvalue weighted by Gasteiger charge is 2.35. The van der Waals surface area contributed by atoms with Crippen LogP contribution in [-0.2, 0) is 16.1 Å². The van der Waals surface area contributed by atoms with Gasteiger partial charge in [0.2, 0.25) is 5.91 Å². The van der Waals surface area contributed by atoms with Crippen LogP contribution in [0, 0.1) is 5.92 Å². The second kappa shape index (κ2) is 7.49. The van der Waals surface area contributed by atoms with Gasteiger partial charge in [0.15, 0.2) is 0 Å². The first-order valence-electron chi connectivity index (χ1n) is 8.92. The van der Waals surface area contributed by atoms with Gasteiger partial charge in [-0.2, -0.15) is 0 Å². The highest BCUT2D eigenvalue weighted by Crippen LogP contribution is 2.21. The van der Waals surface area contributed by atoms with E-state index in [1.165, 1.54) is 12.8 Å². The number of hydrogen-bond acceptors (Lipinski definition) is 5. The van der Waals surface area contributed by atoms with Crippen LogP contribution in [0.2, 0.25) is 0 Å². The summed E-state index contributed by atoms with van der Waals surface area (Å²) in [6, 6.07) is 4.08. The van der Waals surface area contributed by atoms with Gasteiger partial charge in [0.05, 0.1) is 5.54 Å². The van der Waals surface area contributed by atoms with Gasteiger partial charge in [0.1, 0.15) is 5.82 Å². The molecule has 0 aliphatic carbocycles. The summed E-state index contributed by atoms with van der Waals surface area (Å²) in [7, 11) is 0. The predicted molar refractivity (Wildman–Crippen MR) is 93.7 cm³/mol. The van der Waals surface area contributed by atoms with E-state index in [0.29, 0.717) is 32.6 Å². The smallest absolute Gasteiger partial charge is 0.240 e. The zero-order valence-corrected chi connectivity index (χ0v) is 14.5. The lowest BCUT2D eigenvalue weighted by atomic mass is 9.90. The number of nitrogens with one attached hydrogen (secondary N) is 1. The van der Waals surface area contributed by atoms with Gasteiger partial charge < -0.3 is 20.7 Å². The van der Waals surface area contributed by atoms with Crippen molar-refractivity contribution in [3.05, 3.63) is 23.9 Å². The molecule has 0 radical (unpaired) electrons. The molecule has 1 aromatic heterocycles. The Balaban J connectivity index is 1.52. The Kier molecular flexibility index (Phi) is 5.36. The molecule has 2 aliphatic rings. The molecule has 2 aliphatic heterocycles. The molecule has 0 spiro atoms. The number of piperidine rings is 1. The SMILES string of the molecule is CC1CCN(c2ccc(CNC(=O)C3(N)CCOCC3)cn2)CC1. The van der Waals surface area contributed by atoms with Crippen molar-refractivity contribution < 1.29 is 9.53 Å². The van der Waals surface area contributed by atoms with Crippen LogP contribution >= 0.6 is 0 Å². The topological polar surface area (TPSA) is 80.5 Å². The van der Waals surface area contributed by atoms with E-state index in [9.17, 15) is 4.79 Å². The molecule has 3 N–H and O–H groups in total. The maximum atomic E-state index is 12.3. The zero-order valence-electron chi connectivity index (χ0n) is 14.5. The molecule has 24 heavy (non-hydrogen) atoms. The minimum Gasteiger partial charge on any atom is -0.381 e. The molecular weight excluding hydrogens is 304 g/mol. The molecule has 6 heteroatoms. The minimum absolute atomic E-state index is 0.0973. The summed E-state index contributed by atoms with van der Waals surface area (Å²) < 4.78 is 5.28. The van der Waals surface area contributed by atoms with Crippen LogP contribution in [0.5, 0.6) is 0 Å². The van der Waals surface area contributed by atoms with Gasteiger partial charge in [-0.3, -0.25) is 4.79 Å². The molecule has 1 aromatic rings. The predicted octanol–water partition coefficient (Wildman–Crippen LogP) is 1.44. The standard InChI is InChI=1S/C18H28N4O2/c1-14-4-8-22(9-5-14)16-3-2-15(12-20-16)13-21-17(23)18(19)6-10-24-11-7-18/h2-3,12,14H,4-11,13,19H2,1H3,(H,21,23). The average Bonchev–Trinajstić information content (AvgIpc) is 2.61.